The number of hydrogen-bond acceptors (Lipinski definition) is 5. The van der Waals surface area contributed by atoms with Gasteiger partial charge in [0.2, 0.25) is 5.91 Å². The molecule has 4 rings (SSSR count). The van der Waals surface area contributed by atoms with Crippen LogP contribution in [0, 0.1) is 5.92 Å². The van der Waals surface area contributed by atoms with E-state index in [1.807, 2.05) is 24.3 Å². The fourth-order valence-corrected chi connectivity index (χ4v) is 5.19. The Hall–Kier alpha value is -2.54. The summed E-state index contributed by atoms with van der Waals surface area (Å²) in [5.74, 6) is 0.352. The Labute approximate surface area is 173 Å². The molecular formula is C22H26N4O2S. The molecule has 1 amide bonds. The van der Waals surface area contributed by atoms with E-state index in [9.17, 15) is 9.59 Å². The molecule has 0 radical (unpaired) electrons. The first-order chi connectivity index (χ1) is 14.0. The standard InChI is InChI=1S/C22H26N4O2S/c1-3-4-5-15-7-9-16(10-8-15)23-19(27)13-26-22(28)20-17-11-6-14(2)12-18(17)29-21(20)24-25-26/h7-10,14H,3-6,11-13H2,1-2H3,(H,23,27)/t14-/m0/s1. The lowest BCUT2D eigenvalue weighted by Crippen LogP contribution is -2.30. The van der Waals surface area contributed by atoms with E-state index in [1.54, 1.807) is 11.3 Å². The second-order valence-corrected chi connectivity index (χ2v) is 9.02. The molecular weight excluding hydrogens is 384 g/mol. The molecule has 1 N–H and O–H groups in total. The van der Waals surface area contributed by atoms with E-state index in [0.717, 1.165) is 49.8 Å². The summed E-state index contributed by atoms with van der Waals surface area (Å²) in [6.45, 7) is 4.27. The van der Waals surface area contributed by atoms with Crippen LogP contribution in [-0.4, -0.2) is 20.9 Å². The van der Waals surface area contributed by atoms with Crippen molar-refractivity contribution in [3.63, 3.8) is 0 Å². The summed E-state index contributed by atoms with van der Waals surface area (Å²) < 4.78 is 1.18. The Morgan fingerprint density at radius 2 is 2.10 bits per heavy atom. The van der Waals surface area contributed by atoms with Gasteiger partial charge in [-0.15, -0.1) is 16.4 Å². The maximum atomic E-state index is 13.0. The number of fused-ring (bicyclic) bond motifs is 3. The van der Waals surface area contributed by atoms with Crippen molar-refractivity contribution < 1.29 is 4.79 Å². The smallest absolute Gasteiger partial charge is 0.279 e. The van der Waals surface area contributed by atoms with Crippen molar-refractivity contribution in [3.05, 3.63) is 50.6 Å². The number of aromatic nitrogens is 3. The summed E-state index contributed by atoms with van der Waals surface area (Å²) in [7, 11) is 0. The molecule has 0 unspecified atom stereocenters. The third kappa shape index (κ3) is 4.24. The van der Waals surface area contributed by atoms with Crippen molar-refractivity contribution in [2.24, 2.45) is 5.92 Å². The van der Waals surface area contributed by atoms with Crippen LogP contribution in [-0.2, 0) is 30.6 Å². The lowest BCUT2D eigenvalue weighted by molar-refractivity contribution is -0.117. The lowest BCUT2D eigenvalue weighted by Gasteiger charge is -2.17. The van der Waals surface area contributed by atoms with Crippen molar-refractivity contribution in [3.8, 4) is 0 Å². The molecule has 6 nitrogen and oxygen atoms in total. The van der Waals surface area contributed by atoms with Gasteiger partial charge in [-0.3, -0.25) is 9.59 Å². The Bertz CT molecular complexity index is 1080. The third-order valence-electron chi connectivity index (χ3n) is 5.53. The van der Waals surface area contributed by atoms with E-state index in [-0.39, 0.29) is 18.0 Å². The summed E-state index contributed by atoms with van der Waals surface area (Å²) >= 11 is 1.57. The molecule has 0 saturated heterocycles. The van der Waals surface area contributed by atoms with Gasteiger partial charge < -0.3 is 5.32 Å². The number of anilines is 1. The largest absolute Gasteiger partial charge is 0.324 e. The molecule has 29 heavy (non-hydrogen) atoms. The second kappa shape index (κ2) is 8.45. The van der Waals surface area contributed by atoms with Gasteiger partial charge in [0.05, 0.1) is 5.39 Å². The zero-order valence-electron chi connectivity index (χ0n) is 16.9. The fourth-order valence-electron chi connectivity index (χ4n) is 3.87. The number of amides is 1. The summed E-state index contributed by atoms with van der Waals surface area (Å²) in [6, 6.07) is 7.86. The number of nitrogens with one attached hydrogen (secondary N) is 1. The number of hydrogen-bond donors (Lipinski definition) is 1. The quantitative estimate of drug-likeness (QED) is 0.667. The summed E-state index contributed by atoms with van der Waals surface area (Å²) in [5, 5.41) is 11.7. The number of carbonyl (C=O) groups is 1. The zero-order valence-corrected chi connectivity index (χ0v) is 17.7. The number of thiophene rings is 1. The normalized spacial score (nSPS) is 16.0. The molecule has 0 fully saturated rings. The van der Waals surface area contributed by atoms with Crippen LogP contribution in [0.15, 0.2) is 29.1 Å². The van der Waals surface area contributed by atoms with Gasteiger partial charge in [0, 0.05) is 10.6 Å². The molecule has 0 saturated carbocycles. The van der Waals surface area contributed by atoms with Gasteiger partial charge >= 0.3 is 0 Å². The average Bonchev–Trinajstić information content (AvgIpc) is 3.07. The van der Waals surface area contributed by atoms with Crippen molar-refractivity contribution in [1.29, 1.82) is 0 Å². The fraction of sp³-hybridized carbons (Fsp3) is 0.455. The minimum absolute atomic E-state index is 0.139. The number of unbranched alkanes of at least 4 members (excludes halogenated alkanes) is 1. The molecule has 1 aromatic carbocycles. The summed E-state index contributed by atoms with van der Waals surface area (Å²) in [6.07, 6.45) is 6.32. The second-order valence-electron chi connectivity index (χ2n) is 7.93. The number of aryl methyl sites for hydroxylation is 2. The van der Waals surface area contributed by atoms with E-state index in [1.165, 1.54) is 15.1 Å². The van der Waals surface area contributed by atoms with E-state index in [4.69, 9.17) is 0 Å². The number of carbonyl (C=O) groups excluding carboxylic acids is 1. The van der Waals surface area contributed by atoms with E-state index in [2.05, 4.69) is 29.5 Å². The van der Waals surface area contributed by atoms with Crippen LogP contribution in [0.1, 0.15) is 49.1 Å². The summed E-state index contributed by atoms with van der Waals surface area (Å²) in [5.41, 5.74) is 2.88. The SMILES string of the molecule is CCCCc1ccc(NC(=O)Cn2nnc3sc4c(c3c2=O)CC[C@H](C)C4)cc1. The minimum Gasteiger partial charge on any atom is -0.324 e. The first-order valence-electron chi connectivity index (χ1n) is 10.3. The Morgan fingerprint density at radius 1 is 1.31 bits per heavy atom. The highest BCUT2D eigenvalue weighted by Crippen LogP contribution is 2.35. The van der Waals surface area contributed by atoms with Crippen LogP contribution < -0.4 is 10.9 Å². The Morgan fingerprint density at radius 3 is 2.86 bits per heavy atom. The monoisotopic (exact) mass is 410 g/mol. The van der Waals surface area contributed by atoms with E-state index >= 15 is 0 Å². The highest BCUT2D eigenvalue weighted by molar-refractivity contribution is 7.18. The molecule has 1 aliphatic carbocycles. The molecule has 7 heteroatoms. The molecule has 0 aliphatic heterocycles. The van der Waals surface area contributed by atoms with Crippen LogP contribution >= 0.6 is 11.3 Å². The van der Waals surface area contributed by atoms with Gasteiger partial charge in [0.25, 0.3) is 5.56 Å². The van der Waals surface area contributed by atoms with Gasteiger partial charge in [-0.1, -0.05) is 37.6 Å². The maximum absolute atomic E-state index is 13.0. The maximum Gasteiger partial charge on any atom is 0.279 e. The van der Waals surface area contributed by atoms with Crippen LogP contribution in [0.4, 0.5) is 5.69 Å². The minimum atomic E-state index is -0.278. The number of benzene rings is 1. The van der Waals surface area contributed by atoms with Crippen molar-refractivity contribution in [2.45, 2.75) is 58.9 Å². The van der Waals surface area contributed by atoms with Crippen molar-refractivity contribution in [1.82, 2.24) is 15.0 Å². The Balaban J connectivity index is 1.49. The molecule has 2 aromatic heterocycles. The molecule has 1 atom stereocenters. The molecule has 152 valence electrons. The highest BCUT2D eigenvalue weighted by atomic mass is 32.1. The topological polar surface area (TPSA) is 76.9 Å². The number of nitrogens with zero attached hydrogens (tertiary/aromatic N) is 3. The van der Waals surface area contributed by atoms with Crippen LogP contribution in [0.5, 0.6) is 0 Å². The van der Waals surface area contributed by atoms with Gasteiger partial charge in [-0.25, -0.2) is 4.68 Å². The van der Waals surface area contributed by atoms with Gasteiger partial charge in [-0.05, 0) is 61.3 Å². The van der Waals surface area contributed by atoms with E-state index in [0.29, 0.717) is 16.1 Å². The third-order valence-corrected chi connectivity index (χ3v) is 6.67. The van der Waals surface area contributed by atoms with Crippen LogP contribution in [0.2, 0.25) is 0 Å². The highest BCUT2D eigenvalue weighted by Gasteiger charge is 2.24. The predicted molar refractivity (Wildman–Crippen MR) is 117 cm³/mol. The first kappa shape index (κ1) is 19.8. The zero-order chi connectivity index (χ0) is 20.4. The van der Waals surface area contributed by atoms with Crippen LogP contribution in [0.3, 0.4) is 0 Å². The molecule has 0 bridgehead atoms. The average molecular weight is 411 g/mol. The lowest BCUT2D eigenvalue weighted by atomic mass is 9.89. The van der Waals surface area contributed by atoms with E-state index < -0.39 is 0 Å². The Kier molecular flexibility index (Phi) is 5.76. The first-order valence-corrected chi connectivity index (χ1v) is 11.1. The molecule has 3 aromatic rings. The van der Waals surface area contributed by atoms with Gasteiger partial charge in [0.15, 0.2) is 4.83 Å². The molecule has 0 spiro atoms. The molecule has 1 aliphatic rings. The molecule has 2 heterocycles. The summed E-state index contributed by atoms with van der Waals surface area (Å²) in [4.78, 5) is 27.4. The van der Waals surface area contributed by atoms with Gasteiger partial charge in [0.1, 0.15) is 6.54 Å². The van der Waals surface area contributed by atoms with Crippen molar-refractivity contribution >= 4 is 33.1 Å². The van der Waals surface area contributed by atoms with Gasteiger partial charge in [-0.2, -0.15) is 0 Å². The van der Waals surface area contributed by atoms with Crippen LogP contribution in [0.25, 0.3) is 10.2 Å². The number of rotatable bonds is 6. The predicted octanol–water partition coefficient (Wildman–Crippen LogP) is 3.96. The van der Waals surface area contributed by atoms with Crippen molar-refractivity contribution in [2.75, 3.05) is 5.32 Å².